The summed E-state index contributed by atoms with van der Waals surface area (Å²) < 4.78 is 5.17. The second kappa shape index (κ2) is 6.55. The topological polar surface area (TPSA) is 46.5 Å². The van der Waals surface area contributed by atoms with Gasteiger partial charge in [0.05, 0.1) is 12.0 Å². The summed E-state index contributed by atoms with van der Waals surface area (Å²) in [6.45, 7) is 8.84. The van der Waals surface area contributed by atoms with Gasteiger partial charge in [0.15, 0.2) is 0 Å². The molecule has 1 unspecified atom stereocenters. The van der Waals surface area contributed by atoms with Crippen molar-refractivity contribution in [2.45, 2.75) is 65.9 Å². The normalized spacial score (nSPS) is 26.7. The van der Waals surface area contributed by atoms with Crippen LogP contribution < -0.4 is 0 Å². The molecule has 1 aliphatic rings. The molecule has 1 rings (SSSR count). The van der Waals surface area contributed by atoms with E-state index < -0.39 is 6.10 Å². The van der Waals surface area contributed by atoms with Gasteiger partial charge in [-0.2, -0.15) is 0 Å². The number of carbonyl (C=O) groups excluding carboxylic acids is 1. The van der Waals surface area contributed by atoms with E-state index in [2.05, 4.69) is 20.8 Å². The molecule has 1 aliphatic carbocycles. The van der Waals surface area contributed by atoms with Crippen molar-refractivity contribution < 1.29 is 14.6 Å². The Bertz CT molecular complexity index is 259. The smallest absolute Gasteiger partial charge is 0.309 e. The molecule has 1 atom stereocenters. The van der Waals surface area contributed by atoms with Crippen molar-refractivity contribution in [2.75, 3.05) is 6.61 Å². The summed E-state index contributed by atoms with van der Waals surface area (Å²) in [5, 5.41) is 9.38. The van der Waals surface area contributed by atoms with Gasteiger partial charge < -0.3 is 9.84 Å². The Labute approximate surface area is 111 Å². The third-order valence-corrected chi connectivity index (χ3v) is 4.17. The number of aliphatic hydroxyl groups excluding tert-OH is 1. The Hall–Kier alpha value is -0.570. The molecule has 3 nitrogen and oxygen atoms in total. The first-order chi connectivity index (χ1) is 8.34. The molecule has 0 spiro atoms. The third kappa shape index (κ3) is 4.60. The van der Waals surface area contributed by atoms with Crippen LogP contribution in [0.3, 0.4) is 0 Å². The predicted octanol–water partition coefficient (Wildman–Crippen LogP) is 3.15. The van der Waals surface area contributed by atoms with Crippen molar-refractivity contribution in [3.63, 3.8) is 0 Å². The van der Waals surface area contributed by atoms with Crippen molar-refractivity contribution >= 4 is 5.97 Å². The third-order valence-electron chi connectivity index (χ3n) is 4.17. The second-order valence-corrected chi connectivity index (χ2v) is 6.61. The molecule has 18 heavy (non-hydrogen) atoms. The van der Waals surface area contributed by atoms with E-state index in [9.17, 15) is 9.90 Å². The number of esters is 1. The molecule has 0 aliphatic heterocycles. The quantitative estimate of drug-likeness (QED) is 0.786. The standard InChI is InChI=1S/C15H28O3/c1-5-13(16)10-18-14(17)11-6-8-12(9-7-11)15(2,3)4/h11-13,16H,5-10H2,1-4H3. The molecule has 0 aromatic carbocycles. The fourth-order valence-corrected chi connectivity index (χ4v) is 2.61. The lowest BCUT2D eigenvalue weighted by Gasteiger charge is -2.36. The van der Waals surface area contributed by atoms with Crippen LogP contribution in [0.5, 0.6) is 0 Å². The summed E-state index contributed by atoms with van der Waals surface area (Å²) in [6, 6.07) is 0. The fourth-order valence-electron chi connectivity index (χ4n) is 2.61. The minimum atomic E-state index is -0.514. The molecule has 3 heteroatoms. The molecule has 1 saturated carbocycles. The van der Waals surface area contributed by atoms with E-state index in [1.807, 2.05) is 6.92 Å². The highest BCUT2D eigenvalue weighted by Crippen LogP contribution is 2.40. The van der Waals surface area contributed by atoms with E-state index in [4.69, 9.17) is 4.74 Å². The first kappa shape index (κ1) is 15.5. The summed E-state index contributed by atoms with van der Waals surface area (Å²) in [4.78, 5) is 11.8. The first-order valence-electron chi connectivity index (χ1n) is 7.19. The van der Waals surface area contributed by atoms with Gasteiger partial charge in [-0.25, -0.2) is 0 Å². The van der Waals surface area contributed by atoms with Crippen molar-refractivity contribution in [1.82, 2.24) is 0 Å². The number of hydrogen-bond acceptors (Lipinski definition) is 3. The van der Waals surface area contributed by atoms with E-state index in [1.165, 1.54) is 0 Å². The van der Waals surface area contributed by atoms with Gasteiger partial charge in [0.1, 0.15) is 6.61 Å². The number of aliphatic hydroxyl groups is 1. The zero-order valence-corrected chi connectivity index (χ0v) is 12.2. The van der Waals surface area contributed by atoms with Crippen LogP contribution >= 0.6 is 0 Å². The molecule has 0 heterocycles. The van der Waals surface area contributed by atoms with E-state index in [0.29, 0.717) is 17.8 Å². The predicted molar refractivity (Wildman–Crippen MR) is 72.2 cm³/mol. The van der Waals surface area contributed by atoms with Crippen LogP contribution in [0, 0.1) is 17.3 Å². The van der Waals surface area contributed by atoms with Gasteiger partial charge in [0.2, 0.25) is 0 Å². The Morgan fingerprint density at radius 1 is 1.28 bits per heavy atom. The SMILES string of the molecule is CCC(O)COC(=O)C1CCC(C(C)(C)C)CC1. The zero-order valence-electron chi connectivity index (χ0n) is 12.2. The van der Waals surface area contributed by atoms with Gasteiger partial charge in [-0.05, 0) is 43.4 Å². The number of ether oxygens (including phenoxy) is 1. The maximum Gasteiger partial charge on any atom is 0.309 e. The van der Waals surface area contributed by atoms with Gasteiger partial charge in [0, 0.05) is 0 Å². The van der Waals surface area contributed by atoms with Crippen molar-refractivity contribution in [1.29, 1.82) is 0 Å². The highest BCUT2D eigenvalue weighted by atomic mass is 16.5. The molecule has 0 radical (unpaired) electrons. The summed E-state index contributed by atoms with van der Waals surface area (Å²) in [5.41, 5.74) is 0.341. The van der Waals surface area contributed by atoms with Crippen LogP contribution in [-0.4, -0.2) is 23.8 Å². The highest BCUT2D eigenvalue weighted by Gasteiger charge is 2.33. The van der Waals surface area contributed by atoms with Gasteiger partial charge in [0.25, 0.3) is 0 Å². The van der Waals surface area contributed by atoms with Crippen LogP contribution in [0.4, 0.5) is 0 Å². The second-order valence-electron chi connectivity index (χ2n) is 6.61. The van der Waals surface area contributed by atoms with E-state index in [0.717, 1.165) is 25.7 Å². The van der Waals surface area contributed by atoms with Crippen LogP contribution in [-0.2, 0) is 9.53 Å². The Kier molecular flexibility index (Phi) is 5.64. The maximum absolute atomic E-state index is 11.8. The molecular weight excluding hydrogens is 228 g/mol. The number of carbonyl (C=O) groups is 1. The zero-order chi connectivity index (χ0) is 13.8. The van der Waals surface area contributed by atoms with E-state index in [1.54, 1.807) is 0 Å². The average Bonchev–Trinajstić information content (AvgIpc) is 2.34. The van der Waals surface area contributed by atoms with Crippen LogP contribution in [0.15, 0.2) is 0 Å². The molecule has 1 N–H and O–H groups in total. The molecular formula is C15H28O3. The summed E-state index contributed by atoms with van der Waals surface area (Å²) in [6.07, 6.45) is 4.20. The van der Waals surface area contributed by atoms with Gasteiger partial charge >= 0.3 is 5.97 Å². The van der Waals surface area contributed by atoms with Gasteiger partial charge in [-0.3, -0.25) is 4.79 Å². The maximum atomic E-state index is 11.8. The van der Waals surface area contributed by atoms with Crippen molar-refractivity contribution in [3.8, 4) is 0 Å². The van der Waals surface area contributed by atoms with Crippen molar-refractivity contribution in [3.05, 3.63) is 0 Å². The summed E-state index contributed by atoms with van der Waals surface area (Å²) >= 11 is 0. The summed E-state index contributed by atoms with van der Waals surface area (Å²) in [5.74, 6) is 0.644. The Balaban J connectivity index is 2.32. The lowest BCUT2D eigenvalue weighted by atomic mass is 9.70. The number of rotatable bonds is 4. The lowest BCUT2D eigenvalue weighted by Crippen LogP contribution is -2.30. The van der Waals surface area contributed by atoms with Crippen molar-refractivity contribution in [2.24, 2.45) is 17.3 Å². The largest absolute Gasteiger partial charge is 0.463 e. The first-order valence-corrected chi connectivity index (χ1v) is 7.19. The molecule has 106 valence electrons. The Morgan fingerprint density at radius 2 is 1.83 bits per heavy atom. The highest BCUT2D eigenvalue weighted by molar-refractivity contribution is 5.72. The van der Waals surface area contributed by atoms with Gasteiger partial charge in [-0.1, -0.05) is 27.7 Å². The lowest BCUT2D eigenvalue weighted by molar-refractivity contribution is -0.153. The molecule has 0 aromatic rings. The van der Waals surface area contributed by atoms with Crippen LogP contribution in [0.1, 0.15) is 59.8 Å². The van der Waals surface area contributed by atoms with Crippen LogP contribution in [0.2, 0.25) is 0 Å². The van der Waals surface area contributed by atoms with Gasteiger partial charge in [-0.15, -0.1) is 0 Å². The molecule has 1 fully saturated rings. The monoisotopic (exact) mass is 256 g/mol. The minimum Gasteiger partial charge on any atom is -0.463 e. The molecule has 0 bridgehead atoms. The number of hydrogen-bond donors (Lipinski definition) is 1. The molecule has 0 amide bonds. The molecule has 0 aromatic heterocycles. The fraction of sp³-hybridized carbons (Fsp3) is 0.933. The summed E-state index contributed by atoms with van der Waals surface area (Å²) in [7, 11) is 0. The van der Waals surface area contributed by atoms with E-state index in [-0.39, 0.29) is 18.5 Å². The van der Waals surface area contributed by atoms with Crippen LogP contribution in [0.25, 0.3) is 0 Å². The Morgan fingerprint density at radius 3 is 2.28 bits per heavy atom. The molecule has 0 saturated heterocycles. The average molecular weight is 256 g/mol. The minimum absolute atomic E-state index is 0.0488. The van der Waals surface area contributed by atoms with E-state index >= 15 is 0 Å².